The lowest BCUT2D eigenvalue weighted by Crippen LogP contribution is -2.18. The number of hydrogen-bond acceptors (Lipinski definition) is 3. The van der Waals surface area contributed by atoms with E-state index in [-0.39, 0.29) is 11.4 Å². The van der Waals surface area contributed by atoms with Crippen molar-refractivity contribution in [2.75, 3.05) is 0 Å². The molecule has 0 atom stereocenters. The summed E-state index contributed by atoms with van der Waals surface area (Å²) >= 11 is 2.20. The molecular formula is C11H9IN2O2. The first-order valence-corrected chi connectivity index (χ1v) is 5.70. The summed E-state index contributed by atoms with van der Waals surface area (Å²) in [5.74, 6) is 0.697. The molecule has 0 N–H and O–H groups in total. The van der Waals surface area contributed by atoms with Gasteiger partial charge in [-0.1, -0.05) is 0 Å². The summed E-state index contributed by atoms with van der Waals surface area (Å²) in [7, 11) is 1.66. The zero-order valence-corrected chi connectivity index (χ0v) is 10.7. The van der Waals surface area contributed by atoms with E-state index < -0.39 is 0 Å². The summed E-state index contributed by atoms with van der Waals surface area (Å²) in [5.41, 5.74) is -0.249. The molecule has 0 radical (unpaired) electrons. The molecule has 1 aromatic heterocycles. The molecule has 0 fully saturated rings. The van der Waals surface area contributed by atoms with Crippen LogP contribution >= 0.6 is 22.6 Å². The van der Waals surface area contributed by atoms with Crippen molar-refractivity contribution in [2.45, 2.75) is 0 Å². The van der Waals surface area contributed by atoms with Crippen LogP contribution in [0, 0.1) is 3.57 Å². The van der Waals surface area contributed by atoms with E-state index in [9.17, 15) is 4.79 Å². The van der Waals surface area contributed by atoms with Crippen molar-refractivity contribution in [3.05, 3.63) is 50.6 Å². The molecule has 0 aliphatic rings. The number of rotatable bonds is 2. The quantitative estimate of drug-likeness (QED) is 0.794. The van der Waals surface area contributed by atoms with Crippen molar-refractivity contribution in [3.8, 4) is 11.6 Å². The molecule has 0 saturated heterocycles. The van der Waals surface area contributed by atoms with Gasteiger partial charge in [-0.25, -0.2) is 4.98 Å². The topological polar surface area (TPSA) is 44.1 Å². The number of benzene rings is 1. The van der Waals surface area contributed by atoms with Crippen LogP contribution in [0.3, 0.4) is 0 Å². The van der Waals surface area contributed by atoms with Gasteiger partial charge in [0, 0.05) is 23.0 Å². The second-order valence-electron chi connectivity index (χ2n) is 3.20. The summed E-state index contributed by atoms with van der Waals surface area (Å²) in [6, 6.07) is 7.42. The molecule has 0 spiro atoms. The lowest BCUT2D eigenvalue weighted by Gasteiger charge is -2.04. The highest BCUT2D eigenvalue weighted by Gasteiger charge is 2.04. The first-order valence-electron chi connectivity index (χ1n) is 4.62. The number of ether oxygens (including phenoxy) is 1. The molecule has 2 aromatic rings. The van der Waals surface area contributed by atoms with Gasteiger partial charge in [0.05, 0.1) is 0 Å². The number of aryl methyl sites for hydroxylation is 1. The second kappa shape index (κ2) is 4.65. The fourth-order valence-electron chi connectivity index (χ4n) is 1.16. The lowest BCUT2D eigenvalue weighted by atomic mass is 10.3. The highest BCUT2D eigenvalue weighted by molar-refractivity contribution is 14.1. The van der Waals surface area contributed by atoms with Gasteiger partial charge in [0.1, 0.15) is 5.75 Å². The van der Waals surface area contributed by atoms with Crippen molar-refractivity contribution in [1.29, 1.82) is 0 Å². The second-order valence-corrected chi connectivity index (χ2v) is 4.45. The Morgan fingerprint density at radius 2 is 2.00 bits per heavy atom. The van der Waals surface area contributed by atoms with Crippen molar-refractivity contribution in [3.63, 3.8) is 0 Å². The van der Waals surface area contributed by atoms with Gasteiger partial charge < -0.3 is 9.30 Å². The molecule has 0 saturated carbocycles. The molecule has 5 heteroatoms. The molecule has 0 bridgehead atoms. The standard InChI is InChI=1S/C11H9IN2O2/c1-14-7-6-13-10(11(14)15)16-9-4-2-8(12)3-5-9/h2-7H,1H3. The van der Waals surface area contributed by atoms with E-state index in [1.165, 1.54) is 10.8 Å². The van der Waals surface area contributed by atoms with E-state index in [1.54, 1.807) is 25.4 Å². The average molecular weight is 328 g/mol. The number of nitrogens with zero attached hydrogens (tertiary/aromatic N) is 2. The van der Waals surface area contributed by atoms with E-state index >= 15 is 0 Å². The summed E-state index contributed by atoms with van der Waals surface area (Å²) in [4.78, 5) is 15.5. The van der Waals surface area contributed by atoms with Crippen LogP contribution in [0.1, 0.15) is 0 Å². The van der Waals surface area contributed by atoms with Crippen LogP contribution in [0.4, 0.5) is 0 Å². The molecule has 1 heterocycles. The Balaban J connectivity index is 2.31. The molecule has 0 amide bonds. The zero-order valence-electron chi connectivity index (χ0n) is 8.55. The van der Waals surface area contributed by atoms with Crippen molar-refractivity contribution in [2.24, 2.45) is 7.05 Å². The lowest BCUT2D eigenvalue weighted by molar-refractivity contribution is 0.448. The molecule has 2 rings (SSSR count). The summed E-state index contributed by atoms with van der Waals surface area (Å²) in [5, 5.41) is 0. The van der Waals surface area contributed by atoms with Crippen LogP contribution in [0.2, 0.25) is 0 Å². The third-order valence-corrected chi connectivity index (χ3v) is 2.73. The summed E-state index contributed by atoms with van der Waals surface area (Å²) in [6.45, 7) is 0. The van der Waals surface area contributed by atoms with Crippen molar-refractivity contribution < 1.29 is 4.74 Å². The first kappa shape index (κ1) is 11.1. The van der Waals surface area contributed by atoms with E-state index in [0.29, 0.717) is 5.75 Å². The molecule has 1 aromatic carbocycles. The van der Waals surface area contributed by atoms with Gasteiger partial charge in [-0.05, 0) is 46.9 Å². The van der Waals surface area contributed by atoms with E-state index in [4.69, 9.17) is 4.74 Å². The first-order chi connectivity index (χ1) is 7.66. The maximum absolute atomic E-state index is 11.6. The van der Waals surface area contributed by atoms with Crippen molar-refractivity contribution >= 4 is 22.6 Å². The Morgan fingerprint density at radius 3 is 2.69 bits per heavy atom. The van der Waals surface area contributed by atoms with Gasteiger partial charge in [-0.3, -0.25) is 4.79 Å². The largest absolute Gasteiger partial charge is 0.435 e. The summed E-state index contributed by atoms with van der Waals surface area (Å²) in [6.07, 6.45) is 3.12. The maximum atomic E-state index is 11.6. The minimum atomic E-state index is -0.249. The van der Waals surface area contributed by atoms with Gasteiger partial charge >= 0.3 is 5.56 Å². The monoisotopic (exact) mass is 328 g/mol. The van der Waals surface area contributed by atoms with Crippen molar-refractivity contribution in [1.82, 2.24) is 9.55 Å². The Kier molecular flexibility index (Phi) is 3.23. The maximum Gasteiger partial charge on any atom is 0.313 e. The van der Waals surface area contributed by atoms with Crippen LogP contribution < -0.4 is 10.3 Å². The van der Waals surface area contributed by atoms with Crippen LogP contribution in [-0.4, -0.2) is 9.55 Å². The predicted molar refractivity (Wildman–Crippen MR) is 68.7 cm³/mol. The number of hydrogen-bond donors (Lipinski definition) is 0. The predicted octanol–water partition coefficient (Wildman–Crippen LogP) is 2.18. The molecule has 0 unspecified atom stereocenters. The zero-order chi connectivity index (χ0) is 11.5. The van der Waals surface area contributed by atoms with E-state index in [1.807, 2.05) is 12.1 Å². The van der Waals surface area contributed by atoms with Crippen LogP contribution in [-0.2, 0) is 7.05 Å². The van der Waals surface area contributed by atoms with E-state index in [2.05, 4.69) is 27.6 Å². The molecular weight excluding hydrogens is 319 g/mol. The third kappa shape index (κ3) is 2.41. The highest BCUT2D eigenvalue weighted by Crippen LogP contribution is 2.17. The fourth-order valence-corrected chi connectivity index (χ4v) is 1.52. The highest BCUT2D eigenvalue weighted by atomic mass is 127. The van der Waals surface area contributed by atoms with Gasteiger partial charge in [0.2, 0.25) is 0 Å². The Morgan fingerprint density at radius 1 is 1.31 bits per heavy atom. The molecule has 0 aliphatic heterocycles. The molecule has 4 nitrogen and oxygen atoms in total. The Labute approximate surface area is 106 Å². The van der Waals surface area contributed by atoms with Crippen LogP contribution in [0.25, 0.3) is 0 Å². The van der Waals surface area contributed by atoms with E-state index in [0.717, 1.165) is 3.57 Å². The molecule has 82 valence electrons. The van der Waals surface area contributed by atoms with Crippen LogP contribution in [0.5, 0.6) is 11.6 Å². The van der Waals surface area contributed by atoms with Gasteiger partial charge in [0.15, 0.2) is 0 Å². The smallest absolute Gasteiger partial charge is 0.313 e. The van der Waals surface area contributed by atoms with Crippen LogP contribution in [0.15, 0.2) is 41.5 Å². The molecule has 16 heavy (non-hydrogen) atoms. The average Bonchev–Trinajstić information content (AvgIpc) is 2.28. The van der Waals surface area contributed by atoms with Gasteiger partial charge in [0.25, 0.3) is 5.88 Å². The normalized spacial score (nSPS) is 10.1. The SMILES string of the molecule is Cn1ccnc(Oc2ccc(I)cc2)c1=O. The Bertz CT molecular complexity index is 549. The number of halogens is 1. The number of aromatic nitrogens is 2. The van der Waals surface area contributed by atoms with Gasteiger partial charge in [-0.15, -0.1) is 0 Å². The fraction of sp³-hybridized carbons (Fsp3) is 0.0909. The summed E-state index contributed by atoms with van der Waals surface area (Å²) < 4.78 is 7.93. The third-order valence-electron chi connectivity index (χ3n) is 2.01. The molecule has 0 aliphatic carbocycles. The minimum Gasteiger partial charge on any atom is -0.435 e. The van der Waals surface area contributed by atoms with Gasteiger partial charge in [-0.2, -0.15) is 0 Å². The minimum absolute atomic E-state index is 0.0891. The Hall–Kier alpha value is -1.37.